The quantitative estimate of drug-likeness (QED) is 0.0496. The molecule has 1 aromatic heterocycles. The molecule has 5 heterocycles. The van der Waals surface area contributed by atoms with Crippen LogP contribution in [0.25, 0.3) is 22.5 Å². The van der Waals surface area contributed by atoms with E-state index in [9.17, 15) is 74.1 Å². The molecule has 0 spiro atoms. The number of rotatable bonds is 22. The van der Waals surface area contributed by atoms with E-state index < -0.39 is 176 Å². The minimum Gasteiger partial charge on any atom is -0.511 e. The van der Waals surface area contributed by atoms with Crippen molar-refractivity contribution in [2.24, 2.45) is 23.7 Å². The normalized spacial score (nSPS) is 30.0. The lowest BCUT2D eigenvalue weighted by molar-refractivity contribution is -0.294. The lowest BCUT2D eigenvalue weighted by Gasteiger charge is -2.46. The van der Waals surface area contributed by atoms with E-state index in [1.54, 1.807) is 67.3 Å². The summed E-state index contributed by atoms with van der Waals surface area (Å²) >= 11 is 0. The highest BCUT2D eigenvalue weighted by atomic mass is 16.7. The minimum absolute atomic E-state index is 0.0154. The predicted octanol–water partition coefficient (Wildman–Crippen LogP) is 1.51. The number of allylic oxidation sites excluding steroid dienone is 2. The van der Waals surface area contributed by atoms with Crippen molar-refractivity contribution < 1.29 is 109 Å². The molecule has 5 amide bonds. The Balaban J connectivity index is 0.724. The molecule has 31 nitrogen and oxygen atoms in total. The van der Waals surface area contributed by atoms with Crippen LogP contribution in [0.15, 0.2) is 89.4 Å². The number of para-hydroxylation sites is 2. The second kappa shape index (κ2) is 28.9. The number of carboxylic acids is 1. The smallest absolute Gasteiger partial charge is 0.335 e. The Labute approximate surface area is 568 Å². The number of carbonyl (C=O) groups excluding carboxylic acids is 7. The Morgan fingerprint density at radius 3 is 2.24 bits per heavy atom. The van der Waals surface area contributed by atoms with Gasteiger partial charge < -0.3 is 90.2 Å². The number of unbranched alkanes of at least 4 members (excludes halogenated alkanes) is 1. The number of benzene rings is 3. The van der Waals surface area contributed by atoms with Crippen LogP contribution in [-0.4, -0.2) is 235 Å². The average Bonchev–Trinajstić information content (AvgIpc) is 0.872. The second-order valence-electron chi connectivity index (χ2n) is 26.5. The second-order valence-corrected chi connectivity index (χ2v) is 26.5. The number of amides is 5. The van der Waals surface area contributed by atoms with Crippen LogP contribution in [0.3, 0.4) is 0 Å². The average molecular weight is 1380 g/mol. The van der Waals surface area contributed by atoms with Gasteiger partial charge in [-0.25, -0.2) is 4.79 Å². The van der Waals surface area contributed by atoms with E-state index in [4.69, 9.17) is 34.6 Å². The number of carbonyl (C=O) groups is 8. The van der Waals surface area contributed by atoms with Crippen LogP contribution in [0.4, 0.5) is 11.4 Å². The molecule has 4 aliphatic carbocycles. The van der Waals surface area contributed by atoms with Crippen molar-refractivity contribution in [2.45, 2.75) is 157 Å². The number of hydrogen-bond donors (Lipinski definition) is 12. The Hall–Kier alpha value is -8.60. The van der Waals surface area contributed by atoms with Crippen LogP contribution in [0.1, 0.15) is 92.9 Å². The summed E-state index contributed by atoms with van der Waals surface area (Å²) in [7, 11) is 2.84. The molecule has 99 heavy (non-hydrogen) atoms. The van der Waals surface area contributed by atoms with Crippen LogP contribution in [-0.2, 0) is 57.2 Å². The Morgan fingerprint density at radius 2 is 1.52 bits per heavy atom. The third-order valence-electron chi connectivity index (χ3n) is 19.9. The van der Waals surface area contributed by atoms with Gasteiger partial charge in [-0.2, -0.15) is 0 Å². The lowest BCUT2D eigenvalue weighted by Crippen LogP contribution is -2.61. The first-order valence-corrected chi connectivity index (χ1v) is 33.1. The van der Waals surface area contributed by atoms with Crippen molar-refractivity contribution in [1.82, 2.24) is 41.6 Å². The maximum absolute atomic E-state index is 14.6. The molecule has 12 N–H and O–H groups in total. The number of aliphatic hydroxyl groups is 6. The van der Waals surface area contributed by atoms with E-state index >= 15 is 0 Å². The van der Waals surface area contributed by atoms with Gasteiger partial charge in [0.05, 0.1) is 73.1 Å². The van der Waals surface area contributed by atoms with E-state index in [2.05, 4.69) is 36.5 Å². The van der Waals surface area contributed by atoms with E-state index in [0.717, 1.165) is 5.09 Å². The summed E-state index contributed by atoms with van der Waals surface area (Å²) in [5.41, 5.74) is 0.114. The first-order valence-electron chi connectivity index (χ1n) is 33.5. The fourth-order valence-electron chi connectivity index (χ4n) is 15.0. The molecular weight excluding hydrogens is 1290 g/mol. The molecular formula is C68H81N9O22. The molecule has 17 atom stereocenters. The van der Waals surface area contributed by atoms with Crippen LogP contribution in [0, 0.1) is 23.7 Å². The zero-order valence-corrected chi connectivity index (χ0v) is 54.8. The highest BCUT2D eigenvalue weighted by Gasteiger charge is 2.59. The summed E-state index contributed by atoms with van der Waals surface area (Å²) < 4.78 is 49.7. The zero-order valence-electron chi connectivity index (χ0n) is 55.8. The van der Waals surface area contributed by atoms with Crippen molar-refractivity contribution in [2.75, 3.05) is 52.0 Å². The van der Waals surface area contributed by atoms with Crippen molar-refractivity contribution >= 4 is 58.4 Å². The zero-order chi connectivity index (χ0) is 71.3. The van der Waals surface area contributed by atoms with Gasteiger partial charge in [0.15, 0.2) is 37.9 Å². The maximum Gasteiger partial charge on any atom is 0.335 e. The van der Waals surface area contributed by atoms with Gasteiger partial charge in [-0.3, -0.25) is 48.5 Å². The number of aliphatic carboxylic acids is 1. The number of aliphatic hydroxyl groups excluding tert-OH is 5. The van der Waals surface area contributed by atoms with Gasteiger partial charge in [0.1, 0.15) is 59.0 Å². The molecule has 2 saturated carbocycles. The van der Waals surface area contributed by atoms with Gasteiger partial charge in [0.25, 0.3) is 5.91 Å². The number of aromatic nitrogens is 3. The molecule has 4 aromatic rings. The predicted molar refractivity (Wildman–Crippen MR) is 343 cm³/mol. The number of anilines is 2. The summed E-state index contributed by atoms with van der Waals surface area (Å²) in [6.45, 7) is 4.35. The number of methoxy groups -OCH3 is 2. The van der Waals surface area contributed by atoms with E-state index in [1.165, 1.54) is 32.4 Å². The standard InChI is InChI=1S/C68H81N9O22/c1-30(2)49(72-43(78)19-10-11-20-44(79)77-38-16-8-6-13-33(38)50-51(74-75-73-50)34-14-7-9-17-39(34)77)62(88)71-37(29-96-65-58(86)56(84)57(85)60(99-65)64(89)90)61(87)69-21-22-70-67(91)68(92)27-36-46(55(83)48-47(53(36)81)52(80)35-15-12-18-41(93-4)45(35)54(48)82)42(28-68)97-32-25-31(3)59-40(26-32)76-23-24-95-66(94-5)63(76)98-59/h6-9,12-18,30-32,37,40,42,47-49,56-60,63,65-66,81,83-86,92H,10-11,19-29H2,1-5H3,(H,69,87)(H,70,91)(H,71,88)(H,72,78)(H,89,90)(H,73,74,75)/t31-,32-,37+,40+,42+,47?,48?,49+,56+,57+,58-,59-,60+,63-,65-,66+,68+/m1/s1/i/hT. The molecule has 2 unspecified atom stereocenters. The molecule has 3 aromatic carbocycles. The van der Waals surface area contributed by atoms with Gasteiger partial charge in [0, 0.05) is 86.3 Å². The fraction of sp³-hybridized carbons (Fsp3) is 0.529. The highest BCUT2D eigenvalue weighted by molar-refractivity contribution is 6.19. The van der Waals surface area contributed by atoms with Crippen molar-refractivity contribution in [3.63, 3.8) is 0 Å². The molecule has 3 saturated heterocycles. The van der Waals surface area contributed by atoms with Crippen LogP contribution in [0.5, 0.6) is 5.75 Å². The Bertz CT molecular complexity index is 3940. The lowest BCUT2D eigenvalue weighted by atomic mass is 9.63. The van der Waals surface area contributed by atoms with Gasteiger partial charge in [0.2, 0.25) is 23.6 Å². The number of aromatic amines is 1. The van der Waals surface area contributed by atoms with Crippen molar-refractivity contribution in [3.05, 3.63) is 101 Å². The number of fused-ring (bicyclic) bond motifs is 11. The number of ketones is 2. The maximum atomic E-state index is 14.6. The first-order chi connectivity index (χ1) is 47.8. The Kier molecular flexibility index (Phi) is 20.1. The number of H-pyrrole nitrogens is 1. The van der Waals surface area contributed by atoms with Gasteiger partial charge in [-0.15, -0.1) is 5.10 Å². The van der Waals surface area contributed by atoms with Gasteiger partial charge in [-0.05, 0) is 55.7 Å². The van der Waals surface area contributed by atoms with Crippen LogP contribution >= 0.6 is 0 Å². The van der Waals surface area contributed by atoms with Crippen LogP contribution in [0.2, 0.25) is 1.41 Å². The van der Waals surface area contributed by atoms with Gasteiger partial charge in [-0.1, -0.05) is 74.5 Å². The number of hydrogen-bond acceptors (Lipinski definition) is 24. The van der Waals surface area contributed by atoms with E-state index in [1.807, 2.05) is 6.92 Å². The summed E-state index contributed by atoms with van der Waals surface area (Å²) in [6, 6.07) is 15.3. The summed E-state index contributed by atoms with van der Waals surface area (Å²) in [5, 5.41) is 98.2. The van der Waals surface area contributed by atoms with E-state index in [0.29, 0.717) is 59.9 Å². The molecule has 5 fully saturated rings. The molecule has 12 rings (SSSR count). The molecule has 31 heteroatoms. The monoisotopic (exact) mass is 1380 g/mol. The topological polar surface area (TPSA) is 439 Å². The summed E-state index contributed by atoms with van der Waals surface area (Å²) in [6.07, 6.45) is -14.0. The summed E-state index contributed by atoms with van der Waals surface area (Å²) in [5.74, 6) is -12.2. The summed E-state index contributed by atoms with van der Waals surface area (Å²) in [4.78, 5) is 116. The van der Waals surface area contributed by atoms with Crippen LogP contribution < -0.4 is 30.9 Å². The first kappa shape index (κ1) is 68.9. The SMILES string of the molecule is [3H]n1nnc2c1-c1ccccc1N(C(=O)CCCCC(=O)N[C@H](C(=O)N[C@@H](CO[C@@H]1O[C@H](C(=O)O)[C@@H](O)[C@H](O)[C@H]1O)C(=O)NCCNC(=O)[C@]1(O)CC3=C(O)C4C(=O)c5cccc(OC)c5C(=O)C4C(O)=C3[C@@H](O[C@@H]3C[C@@H](C)[C@H]4O[C@@H]5[C@@H](OC)OCCN5[C@H]4C3)C1)C(C)C)c1ccccc1-2. The third-order valence-corrected chi connectivity index (χ3v) is 19.9. The molecule has 4 aliphatic heterocycles. The molecule has 530 valence electrons. The third kappa shape index (κ3) is 13.3. The largest absolute Gasteiger partial charge is 0.511 e. The van der Waals surface area contributed by atoms with Crippen molar-refractivity contribution in [3.8, 4) is 28.3 Å². The fourth-order valence-corrected chi connectivity index (χ4v) is 15.0. The van der Waals surface area contributed by atoms with Crippen molar-refractivity contribution in [1.29, 1.82) is 0 Å². The molecule has 0 bridgehead atoms. The van der Waals surface area contributed by atoms with E-state index in [-0.39, 0.29) is 77.7 Å². The number of nitrogens with zero attached hydrogens (tertiary/aromatic N) is 4. The number of carboxylic acid groups (broad SMARTS) is 1. The van der Waals surface area contributed by atoms with Gasteiger partial charge >= 0.3 is 5.97 Å². The number of morpholine rings is 1. The number of nitrogens with one attached hydrogen (secondary N) is 5. The molecule has 8 aliphatic rings. The number of ether oxygens (including phenoxy) is 7. The highest BCUT2D eigenvalue weighted by Crippen LogP contribution is 2.53. The minimum atomic E-state index is -2.46. The Morgan fingerprint density at radius 1 is 0.818 bits per heavy atom. The molecule has 0 radical (unpaired) electrons. The number of Topliss-reactive ketones (excluding diaryl/α,β-unsaturated/α-hetero) is 2.